The van der Waals surface area contributed by atoms with Gasteiger partial charge in [0, 0.05) is 42.9 Å². The second-order valence-corrected chi connectivity index (χ2v) is 7.46. The molecule has 0 aliphatic carbocycles. The van der Waals surface area contributed by atoms with Crippen LogP contribution in [0.1, 0.15) is 23.1 Å². The van der Waals surface area contributed by atoms with Crippen molar-refractivity contribution in [2.45, 2.75) is 26.7 Å². The average molecular weight is 408 g/mol. The molecule has 2 amide bonds. The number of methoxy groups -OCH3 is 1. The number of carbonyl (C=O) groups excluding carboxylic acids is 2. The van der Waals surface area contributed by atoms with Crippen molar-refractivity contribution in [1.29, 1.82) is 0 Å². The number of rotatable bonds is 9. The molecule has 0 radical (unpaired) electrons. The molecule has 1 heterocycles. The van der Waals surface area contributed by atoms with Crippen molar-refractivity contribution in [3.05, 3.63) is 65.4 Å². The molecule has 0 spiro atoms. The fourth-order valence-corrected chi connectivity index (χ4v) is 3.48. The molecule has 0 atom stereocenters. The number of nitrogens with one attached hydrogen (secondary N) is 2. The van der Waals surface area contributed by atoms with Gasteiger partial charge in [-0.1, -0.05) is 30.3 Å². The highest BCUT2D eigenvalue weighted by atomic mass is 16.5. The number of nitrogens with zero attached hydrogens (tertiary/aromatic N) is 1. The molecule has 6 nitrogen and oxygen atoms in total. The van der Waals surface area contributed by atoms with Crippen LogP contribution >= 0.6 is 0 Å². The molecule has 2 N–H and O–H groups in total. The van der Waals surface area contributed by atoms with Gasteiger partial charge in [0.25, 0.3) is 0 Å². The summed E-state index contributed by atoms with van der Waals surface area (Å²) in [6, 6.07) is 13.8. The SMILES string of the molecule is COCCN(CC(=O)Nc1cccc(C)c1C)C(=O)CCc1c[nH]c2ccccc12. The summed E-state index contributed by atoms with van der Waals surface area (Å²) in [5, 5.41) is 4.05. The topological polar surface area (TPSA) is 74.4 Å². The van der Waals surface area contributed by atoms with Crippen LogP contribution in [-0.2, 0) is 20.7 Å². The zero-order valence-electron chi connectivity index (χ0n) is 17.8. The first-order valence-electron chi connectivity index (χ1n) is 10.2. The van der Waals surface area contributed by atoms with E-state index in [4.69, 9.17) is 4.74 Å². The fraction of sp³-hybridized carbons (Fsp3) is 0.333. The van der Waals surface area contributed by atoms with E-state index in [1.807, 2.05) is 62.5 Å². The van der Waals surface area contributed by atoms with E-state index in [-0.39, 0.29) is 18.4 Å². The van der Waals surface area contributed by atoms with Gasteiger partial charge in [-0.3, -0.25) is 9.59 Å². The van der Waals surface area contributed by atoms with Gasteiger partial charge in [-0.2, -0.15) is 0 Å². The number of hydrogen-bond acceptors (Lipinski definition) is 3. The Hall–Kier alpha value is -3.12. The summed E-state index contributed by atoms with van der Waals surface area (Å²) in [4.78, 5) is 30.3. The smallest absolute Gasteiger partial charge is 0.244 e. The van der Waals surface area contributed by atoms with E-state index in [1.54, 1.807) is 12.0 Å². The molecule has 6 heteroatoms. The van der Waals surface area contributed by atoms with E-state index < -0.39 is 0 Å². The lowest BCUT2D eigenvalue weighted by Crippen LogP contribution is -2.40. The minimum absolute atomic E-state index is 0.00343. The summed E-state index contributed by atoms with van der Waals surface area (Å²) in [5.41, 5.74) is 5.08. The number of amides is 2. The third-order valence-corrected chi connectivity index (χ3v) is 5.41. The molecule has 30 heavy (non-hydrogen) atoms. The standard InChI is InChI=1S/C24H29N3O3/c1-17-7-6-10-21(18(17)2)26-23(28)16-27(13-14-30-3)24(29)12-11-19-15-25-22-9-5-4-8-20(19)22/h4-10,15,25H,11-14,16H2,1-3H3,(H,26,28). The van der Waals surface area contributed by atoms with Crippen LogP contribution in [0, 0.1) is 13.8 Å². The Morgan fingerprint density at radius 3 is 2.70 bits per heavy atom. The number of aromatic amines is 1. The predicted octanol–water partition coefficient (Wildman–Crippen LogP) is 3.83. The highest BCUT2D eigenvalue weighted by Gasteiger charge is 2.18. The molecule has 158 valence electrons. The average Bonchev–Trinajstić information content (AvgIpc) is 3.16. The van der Waals surface area contributed by atoms with Gasteiger partial charge in [0.1, 0.15) is 0 Å². The highest BCUT2D eigenvalue weighted by molar-refractivity contribution is 5.95. The van der Waals surface area contributed by atoms with E-state index in [1.165, 1.54) is 0 Å². The Kier molecular flexibility index (Phi) is 7.25. The predicted molar refractivity (Wildman–Crippen MR) is 120 cm³/mol. The van der Waals surface area contributed by atoms with Crippen LogP contribution in [0.2, 0.25) is 0 Å². The third kappa shape index (κ3) is 5.27. The summed E-state index contributed by atoms with van der Waals surface area (Å²) >= 11 is 0. The summed E-state index contributed by atoms with van der Waals surface area (Å²) in [5.74, 6) is -0.270. The van der Waals surface area contributed by atoms with E-state index in [0.717, 1.165) is 33.3 Å². The van der Waals surface area contributed by atoms with Crippen LogP contribution in [0.5, 0.6) is 0 Å². The molecule has 1 aromatic heterocycles. The number of aromatic nitrogens is 1. The summed E-state index contributed by atoms with van der Waals surface area (Å²) < 4.78 is 5.13. The minimum atomic E-state index is -0.208. The zero-order valence-corrected chi connectivity index (χ0v) is 17.8. The van der Waals surface area contributed by atoms with Crippen molar-refractivity contribution in [3.63, 3.8) is 0 Å². The van der Waals surface area contributed by atoms with Crippen LogP contribution in [-0.4, -0.2) is 48.5 Å². The normalized spacial score (nSPS) is 10.9. The van der Waals surface area contributed by atoms with E-state index >= 15 is 0 Å². The van der Waals surface area contributed by atoms with Crippen LogP contribution in [0.3, 0.4) is 0 Å². The van der Waals surface area contributed by atoms with Crippen LogP contribution < -0.4 is 5.32 Å². The summed E-state index contributed by atoms with van der Waals surface area (Å²) in [6.07, 6.45) is 2.90. The van der Waals surface area contributed by atoms with Crippen LogP contribution in [0.15, 0.2) is 48.7 Å². The molecule has 0 aliphatic heterocycles. The number of H-pyrrole nitrogens is 1. The number of hydrogen-bond donors (Lipinski definition) is 2. The molecular weight excluding hydrogens is 378 g/mol. The van der Waals surface area contributed by atoms with Crippen molar-refractivity contribution < 1.29 is 14.3 Å². The van der Waals surface area contributed by atoms with Crippen molar-refractivity contribution in [2.24, 2.45) is 0 Å². The number of fused-ring (bicyclic) bond motifs is 1. The molecule has 0 fully saturated rings. The molecule has 0 unspecified atom stereocenters. The van der Waals surface area contributed by atoms with Crippen LogP contribution in [0.4, 0.5) is 5.69 Å². The monoisotopic (exact) mass is 407 g/mol. The van der Waals surface area contributed by atoms with Gasteiger partial charge in [0.05, 0.1) is 13.2 Å². The largest absolute Gasteiger partial charge is 0.383 e. The van der Waals surface area contributed by atoms with E-state index in [2.05, 4.69) is 10.3 Å². The molecule has 0 saturated heterocycles. The third-order valence-electron chi connectivity index (χ3n) is 5.41. The molecule has 0 saturated carbocycles. The van der Waals surface area contributed by atoms with Gasteiger partial charge in [-0.05, 0) is 49.1 Å². The van der Waals surface area contributed by atoms with Gasteiger partial charge in [-0.15, -0.1) is 0 Å². The lowest BCUT2D eigenvalue weighted by atomic mass is 10.1. The van der Waals surface area contributed by atoms with E-state index in [0.29, 0.717) is 26.0 Å². The maximum absolute atomic E-state index is 12.9. The maximum Gasteiger partial charge on any atom is 0.244 e. The maximum atomic E-state index is 12.9. The Balaban J connectivity index is 1.63. The van der Waals surface area contributed by atoms with Crippen molar-refractivity contribution in [1.82, 2.24) is 9.88 Å². The molecule has 3 aromatic rings. The first-order chi connectivity index (χ1) is 14.5. The van der Waals surface area contributed by atoms with Gasteiger partial charge >= 0.3 is 0 Å². The van der Waals surface area contributed by atoms with Gasteiger partial charge < -0.3 is 19.9 Å². The molecule has 0 bridgehead atoms. The fourth-order valence-electron chi connectivity index (χ4n) is 3.48. The number of aryl methyl sites for hydroxylation is 2. The first-order valence-corrected chi connectivity index (χ1v) is 10.2. The van der Waals surface area contributed by atoms with Gasteiger partial charge in [0.15, 0.2) is 0 Å². The lowest BCUT2D eigenvalue weighted by Gasteiger charge is -2.22. The molecular formula is C24H29N3O3. The summed E-state index contributed by atoms with van der Waals surface area (Å²) in [6.45, 7) is 4.74. The van der Waals surface area contributed by atoms with Gasteiger partial charge in [0.2, 0.25) is 11.8 Å². The zero-order chi connectivity index (χ0) is 21.5. The Morgan fingerprint density at radius 1 is 1.10 bits per heavy atom. The minimum Gasteiger partial charge on any atom is -0.383 e. The van der Waals surface area contributed by atoms with Crippen molar-refractivity contribution >= 4 is 28.4 Å². The number of carbonyl (C=O) groups is 2. The Morgan fingerprint density at radius 2 is 1.90 bits per heavy atom. The number of anilines is 1. The van der Waals surface area contributed by atoms with Crippen LogP contribution in [0.25, 0.3) is 10.9 Å². The van der Waals surface area contributed by atoms with E-state index in [9.17, 15) is 9.59 Å². The Labute approximate surface area is 177 Å². The summed E-state index contributed by atoms with van der Waals surface area (Å²) in [7, 11) is 1.59. The number of benzene rings is 2. The number of para-hydroxylation sites is 1. The first kappa shape index (κ1) is 21.6. The van der Waals surface area contributed by atoms with Crippen molar-refractivity contribution in [2.75, 3.05) is 32.1 Å². The quantitative estimate of drug-likeness (QED) is 0.566. The number of ether oxygens (including phenoxy) is 1. The molecule has 0 aliphatic rings. The second-order valence-electron chi connectivity index (χ2n) is 7.46. The molecule has 3 rings (SSSR count). The second kappa shape index (κ2) is 10.1. The van der Waals surface area contributed by atoms with Crippen molar-refractivity contribution in [3.8, 4) is 0 Å². The lowest BCUT2D eigenvalue weighted by molar-refractivity contribution is -0.135. The molecule has 2 aromatic carbocycles. The Bertz CT molecular complexity index is 1030. The highest BCUT2D eigenvalue weighted by Crippen LogP contribution is 2.20. The van der Waals surface area contributed by atoms with Gasteiger partial charge in [-0.25, -0.2) is 0 Å².